The molecule has 136 valence electrons. The van der Waals surface area contributed by atoms with E-state index in [9.17, 15) is 4.79 Å². The van der Waals surface area contributed by atoms with E-state index in [1.807, 2.05) is 35.7 Å². The number of nitrogens with zero attached hydrogens (tertiary/aromatic N) is 2. The van der Waals surface area contributed by atoms with Gasteiger partial charge in [-0.1, -0.05) is 32.9 Å². The van der Waals surface area contributed by atoms with Crippen molar-refractivity contribution in [1.82, 2.24) is 9.38 Å². The molecule has 26 heavy (non-hydrogen) atoms. The maximum absolute atomic E-state index is 12.1. The third-order valence-corrected chi connectivity index (χ3v) is 4.39. The van der Waals surface area contributed by atoms with Crippen molar-refractivity contribution in [3.8, 4) is 11.5 Å². The highest BCUT2D eigenvalue weighted by atomic mass is 32.1. The largest absolute Gasteiger partial charge is 0.493 e. The van der Waals surface area contributed by atoms with Crippen molar-refractivity contribution in [2.75, 3.05) is 13.7 Å². The first-order valence-corrected chi connectivity index (χ1v) is 9.20. The van der Waals surface area contributed by atoms with Gasteiger partial charge in [0.1, 0.15) is 0 Å². The number of hydrogen-bond donors (Lipinski definition) is 0. The van der Waals surface area contributed by atoms with Gasteiger partial charge in [-0.2, -0.15) is 0 Å². The molecule has 0 amide bonds. The molecule has 6 heteroatoms. The van der Waals surface area contributed by atoms with Gasteiger partial charge < -0.3 is 9.47 Å². The monoisotopic (exact) mass is 370 g/mol. The van der Waals surface area contributed by atoms with Crippen LogP contribution in [0, 0.1) is 5.41 Å². The maximum atomic E-state index is 12.1. The standard InChI is InChI=1S/C20H22N2O3S/c1-20(2,3)13-25-18-14(6-5-7-16(18)24-4)8-9-15-12-17(23)22-10-11-26-19(22)21-15/h5-12H,13H2,1-4H3/b9-8+. The average molecular weight is 370 g/mol. The molecule has 2 aromatic heterocycles. The molecule has 0 saturated carbocycles. The third-order valence-electron chi connectivity index (χ3n) is 3.64. The minimum Gasteiger partial charge on any atom is -0.493 e. The minimum absolute atomic E-state index is 0.0300. The van der Waals surface area contributed by atoms with Crippen LogP contribution in [0.5, 0.6) is 11.5 Å². The Hall–Kier alpha value is -2.60. The van der Waals surface area contributed by atoms with Crippen molar-refractivity contribution in [3.63, 3.8) is 0 Å². The highest BCUT2D eigenvalue weighted by Crippen LogP contribution is 2.33. The predicted molar refractivity (Wildman–Crippen MR) is 106 cm³/mol. The number of aromatic nitrogens is 2. The van der Waals surface area contributed by atoms with Crippen LogP contribution < -0.4 is 15.0 Å². The predicted octanol–water partition coefficient (Wildman–Crippen LogP) is 4.36. The summed E-state index contributed by atoms with van der Waals surface area (Å²) in [5.41, 5.74) is 1.43. The summed E-state index contributed by atoms with van der Waals surface area (Å²) in [5, 5.41) is 1.84. The summed E-state index contributed by atoms with van der Waals surface area (Å²) >= 11 is 1.43. The van der Waals surface area contributed by atoms with Crippen molar-refractivity contribution in [2.24, 2.45) is 5.41 Å². The molecule has 0 spiro atoms. The van der Waals surface area contributed by atoms with E-state index in [2.05, 4.69) is 25.8 Å². The zero-order valence-electron chi connectivity index (χ0n) is 15.4. The van der Waals surface area contributed by atoms with Crippen LogP contribution in [0.2, 0.25) is 0 Å². The molecular weight excluding hydrogens is 348 g/mol. The molecule has 0 atom stereocenters. The molecule has 0 aliphatic heterocycles. The fraction of sp³-hybridized carbons (Fsp3) is 0.300. The second-order valence-corrected chi connectivity index (χ2v) is 8.01. The molecule has 0 aliphatic rings. The number of ether oxygens (including phenoxy) is 2. The van der Waals surface area contributed by atoms with Crippen LogP contribution in [-0.2, 0) is 0 Å². The van der Waals surface area contributed by atoms with Crippen molar-refractivity contribution >= 4 is 28.4 Å². The summed E-state index contributed by atoms with van der Waals surface area (Å²) in [5.74, 6) is 1.37. The van der Waals surface area contributed by atoms with Crippen LogP contribution in [0.25, 0.3) is 17.1 Å². The van der Waals surface area contributed by atoms with Crippen LogP contribution >= 0.6 is 11.3 Å². The number of thiazole rings is 1. The first-order chi connectivity index (χ1) is 12.4. The van der Waals surface area contributed by atoms with E-state index in [-0.39, 0.29) is 11.0 Å². The van der Waals surface area contributed by atoms with Crippen molar-refractivity contribution < 1.29 is 9.47 Å². The molecular formula is C20H22N2O3S. The summed E-state index contributed by atoms with van der Waals surface area (Å²) < 4.78 is 13.0. The van der Waals surface area contributed by atoms with Gasteiger partial charge in [0, 0.05) is 23.2 Å². The first kappa shape index (κ1) is 18.2. The van der Waals surface area contributed by atoms with Crippen molar-refractivity contribution in [2.45, 2.75) is 20.8 Å². The number of para-hydroxylation sites is 1. The maximum Gasteiger partial charge on any atom is 0.259 e. The Balaban J connectivity index is 1.94. The Kier molecular flexibility index (Phi) is 5.13. The topological polar surface area (TPSA) is 52.8 Å². The Morgan fingerprint density at radius 3 is 2.81 bits per heavy atom. The molecule has 1 aromatic carbocycles. The van der Waals surface area contributed by atoms with Gasteiger partial charge in [0.25, 0.3) is 5.56 Å². The highest BCUT2D eigenvalue weighted by molar-refractivity contribution is 7.15. The van der Waals surface area contributed by atoms with Gasteiger partial charge in [0.05, 0.1) is 19.4 Å². The molecule has 3 aromatic rings. The summed E-state index contributed by atoms with van der Waals surface area (Å²) in [7, 11) is 1.62. The fourth-order valence-electron chi connectivity index (χ4n) is 2.39. The van der Waals surface area contributed by atoms with Gasteiger partial charge in [-0.15, -0.1) is 11.3 Å². The zero-order valence-corrected chi connectivity index (χ0v) is 16.2. The summed E-state index contributed by atoms with van der Waals surface area (Å²) in [6.45, 7) is 6.91. The van der Waals surface area contributed by atoms with E-state index in [0.717, 1.165) is 5.56 Å². The van der Waals surface area contributed by atoms with Gasteiger partial charge in [-0.25, -0.2) is 4.98 Å². The number of methoxy groups -OCH3 is 1. The highest BCUT2D eigenvalue weighted by Gasteiger charge is 2.15. The molecule has 0 fully saturated rings. The summed E-state index contributed by atoms with van der Waals surface area (Å²) in [6.07, 6.45) is 5.44. The van der Waals surface area contributed by atoms with Crippen molar-refractivity contribution in [3.05, 3.63) is 57.5 Å². The van der Waals surface area contributed by atoms with Crippen molar-refractivity contribution in [1.29, 1.82) is 0 Å². The summed E-state index contributed by atoms with van der Waals surface area (Å²) in [6, 6.07) is 7.25. The molecule has 2 heterocycles. The SMILES string of the molecule is COc1cccc(/C=C/c2cc(=O)n3ccsc3n2)c1OCC(C)(C)C. The lowest BCUT2D eigenvalue weighted by Crippen LogP contribution is -2.17. The molecule has 0 saturated heterocycles. The van der Waals surface area contributed by atoms with E-state index in [0.29, 0.717) is 28.8 Å². The molecule has 3 rings (SSSR count). The number of fused-ring (bicyclic) bond motifs is 1. The van der Waals surface area contributed by atoms with Gasteiger partial charge in [-0.05, 0) is 23.6 Å². The van der Waals surface area contributed by atoms with E-state index in [1.54, 1.807) is 13.3 Å². The van der Waals surface area contributed by atoms with E-state index >= 15 is 0 Å². The van der Waals surface area contributed by atoms with Crippen LogP contribution in [-0.4, -0.2) is 23.1 Å². The molecule has 0 bridgehead atoms. The summed E-state index contributed by atoms with van der Waals surface area (Å²) in [4.78, 5) is 17.3. The number of benzene rings is 1. The lowest BCUT2D eigenvalue weighted by Gasteiger charge is -2.21. The quantitative estimate of drug-likeness (QED) is 0.670. The van der Waals surface area contributed by atoms with Crippen LogP contribution in [0.4, 0.5) is 0 Å². The Bertz CT molecular complexity index is 996. The lowest BCUT2D eigenvalue weighted by molar-refractivity contribution is 0.191. The average Bonchev–Trinajstić information content (AvgIpc) is 3.06. The lowest BCUT2D eigenvalue weighted by atomic mass is 9.98. The fourth-order valence-corrected chi connectivity index (χ4v) is 3.11. The second-order valence-electron chi connectivity index (χ2n) is 7.14. The van der Waals surface area contributed by atoms with E-state index < -0.39 is 0 Å². The van der Waals surface area contributed by atoms with Gasteiger partial charge >= 0.3 is 0 Å². The second kappa shape index (κ2) is 7.33. The van der Waals surface area contributed by atoms with E-state index in [4.69, 9.17) is 9.47 Å². The van der Waals surface area contributed by atoms with Gasteiger partial charge in [0.15, 0.2) is 16.5 Å². The minimum atomic E-state index is -0.0919. The number of rotatable bonds is 5. The van der Waals surface area contributed by atoms with Gasteiger partial charge in [-0.3, -0.25) is 9.20 Å². The van der Waals surface area contributed by atoms with Crippen LogP contribution in [0.15, 0.2) is 40.6 Å². The Morgan fingerprint density at radius 2 is 2.08 bits per heavy atom. The molecule has 0 unspecified atom stereocenters. The Labute approximate surface area is 156 Å². The Morgan fingerprint density at radius 1 is 1.27 bits per heavy atom. The van der Waals surface area contributed by atoms with Crippen LogP contribution in [0.1, 0.15) is 32.0 Å². The third kappa shape index (κ3) is 4.14. The molecule has 5 nitrogen and oxygen atoms in total. The molecule has 0 aliphatic carbocycles. The normalized spacial score (nSPS) is 12.0. The number of hydrogen-bond acceptors (Lipinski definition) is 5. The van der Waals surface area contributed by atoms with Gasteiger partial charge in [0.2, 0.25) is 0 Å². The zero-order chi connectivity index (χ0) is 18.7. The molecule has 0 radical (unpaired) electrons. The van der Waals surface area contributed by atoms with E-state index in [1.165, 1.54) is 21.8 Å². The van der Waals surface area contributed by atoms with Crippen LogP contribution in [0.3, 0.4) is 0 Å². The molecule has 0 N–H and O–H groups in total. The first-order valence-electron chi connectivity index (χ1n) is 8.32. The smallest absolute Gasteiger partial charge is 0.259 e.